The zero-order valence-corrected chi connectivity index (χ0v) is 10.1. The van der Waals surface area contributed by atoms with Crippen LogP contribution in [0.25, 0.3) is 0 Å². The van der Waals surface area contributed by atoms with Crippen LogP contribution >= 0.6 is 0 Å². The number of alkyl halides is 6. The van der Waals surface area contributed by atoms with Gasteiger partial charge in [-0.15, -0.1) is 0 Å². The van der Waals surface area contributed by atoms with Crippen LogP contribution in [0.4, 0.5) is 26.3 Å². The highest BCUT2D eigenvalue weighted by Gasteiger charge is 2.68. The molecule has 2 N–H and O–H groups in total. The number of carbonyl (C=O) groups is 2. The van der Waals surface area contributed by atoms with E-state index in [1.54, 1.807) is 0 Å². The van der Waals surface area contributed by atoms with Crippen LogP contribution in [0.1, 0.15) is 13.8 Å². The van der Waals surface area contributed by atoms with E-state index in [0.717, 1.165) is 13.8 Å². The van der Waals surface area contributed by atoms with Gasteiger partial charge < -0.3 is 10.2 Å². The average Bonchev–Trinajstić information content (AvgIpc) is 2.20. The van der Waals surface area contributed by atoms with E-state index in [0.29, 0.717) is 0 Å². The number of carboxylic acids is 2. The molecule has 0 bridgehead atoms. The molecule has 0 radical (unpaired) electrons. The van der Waals surface area contributed by atoms with Gasteiger partial charge in [-0.3, -0.25) is 0 Å². The standard InChI is InChI=1S/C10H10F6O4/c1-3(2)4(6(17)18)5(7(19)20)9(13,8(11)12)10(14,15)16/h3,8H,1-2H3,(H,17,18)(H,19,20). The fourth-order valence-electron chi connectivity index (χ4n) is 1.48. The first-order chi connectivity index (χ1) is 8.78. The smallest absolute Gasteiger partial charge is 0.432 e. The van der Waals surface area contributed by atoms with Crippen LogP contribution in [-0.4, -0.2) is 40.4 Å². The van der Waals surface area contributed by atoms with Gasteiger partial charge in [-0.2, -0.15) is 13.2 Å². The van der Waals surface area contributed by atoms with Gasteiger partial charge in [0.25, 0.3) is 12.1 Å². The quantitative estimate of drug-likeness (QED) is 0.605. The second-order valence-electron chi connectivity index (χ2n) is 4.06. The Hall–Kier alpha value is -1.74. The monoisotopic (exact) mass is 308 g/mol. The van der Waals surface area contributed by atoms with Crippen molar-refractivity contribution < 1.29 is 46.1 Å². The minimum atomic E-state index is -6.29. The fourth-order valence-corrected chi connectivity index (χ4v) is 1.48. The summed E-state index contributed by atoms with van der Waals surface area (Å²) in [4.78, 5) is 21.5. The Kier molecular flexibility index (Phi) is 5.22. The molecule has 0 aromatic heterocycles. The van der Waals surface area contributed by atoms with Crippen molar-refractivity contribution in [1.29, 1.82) is 0 Å². The first kappa shape index (κ1) is 18.3. The van der Waals surface area contributed by atoms with Crippen LogP contribution in [-0.2, 0) is 9.59 Å². The van der Waals surface area contributed by atoms with E-state index in [1.165, 1.54) is 0 Å². The van der Waals surface area contributed by atoms with Gasteiger partial charge in [0.05, 0.1) is 11.1 Å². The van der Waals surface area contributed by atoms with E-state index in [4.69, 9.17) is 10.2 Å². The normalized spacial score (nSPS) is 16.9. The molecular formula is C10H10F6O4. The lowest BCUT2D eigenvalue weighted by Gasteiger charge is -2.29. The summed E-state index contributed by atoms with van der Waals surface area (Å²) in [6.07, 6.45) is -11.1. The molecule has 0 aliphatic rings. The van der Waals surface area contributed by atoms with Gasteiger partial charge in [0.2, 0.25) is 0 Å². The second kappa shape index (κ2) is 5.71. The maximum Gasteiger partial charge on any atom is 0.432 e. The van der Waals surface area contributed by atoms with Gasteiger partial charge in [0.15, 0.2) is 0 Å². The molecule has 0 aromatic carbocycles. The van der Waals surface area contributed by atoms with Crippen molar-refractivity contribution in [3.63, 3.8) is 0 Å². The van der Waals surface area contributed by atoms with Crippen molar-refractivity contribution in [1.82, 2.24) is 0 Å². The predicted octanol–water partition coefficient (Wildman–Crippen LogP) is 2.64. The molecule has 0 aliphatic carbocycles. The van der Waals surface area contributed by atoms with E-state index in [1.807, 2.05) is 0 Å². The van der Waals surface area contributed by atoms with Gasteiger partial charge in [-0.05, 0) is 5.92 Å². The zero-order chi connectivity index (χ0) is 16.5. The number of aliphatic carboxylic acids is 2. The van der Waals surface area contributed by atoms with Crippen LogP contribution in [0.5, 0.6) is 0 Å². The van der Waals surface area contributed by atoms with Gasteiger partial charge in [0, 0.05) is 0 Å². The predicted molar refractivity (Wildman–Crippen MR) is 53.0 cm³/mol. The van der Waals surface area contributed by atoms with E-state index < -0.39 is 47.3 Å². The summed E-state index contributed by atoms with van der Waals surface area (Å²) < 4.78 is 76.2. The van der Waals surface area contributed by atoms with Crippen LogP contribution in [0, 0.1) is 5.92 Å². The lowest BCUT2D eigenvalue weighted by molar-refractivity contribution is -0.253. The molecule has 0 amide bonds. The van der Waals surface area contributed by atoms with Crippen LogP contribution in [0.3, 0.4) is 0 Å². The molecule has 1 atom stereocenters. The van der Waals surface area contributed by atoms with Gasteiger partial charge in [0.1, 0.15) is 0 Å². The molecular weight excluding hydrogens is 298 g/mol. The van der Waals surface area contributed by atoms with Crippen molar-refractivity contribution in [2.75, 3.05) is 0 Å². The molecule has 0 aromatic rings. The Labute approximate surface area is 108 Å². The Morgan fingerprint density at radius 3 is 1.50 bits per heavy atom. The van der Waals surface area contributed by atoms with E-state index >= 15 is 0 Å². The molecule has 0 rings (SSSR count). The molecule has 116 valence electrons. The number of hydrogen-bond acceptors (Lipinski definition) is 2. The van der Waals surface area contributed by atoms with Gasteiger partial charge >= 0.3 is 18.1 Å². The van der Waals surface area contributed by atoms with E-state index in [9.17, 15) is 35.9 Å². The summed E-state index contributed by atoms with van der Waals surface area (Å²) in [5.74, 6) is -6.35. The molecule has 1 unspecified atom stereocenters. The second-order valence-corrected chi connectivity index (χ2v) is 4.06. The number of carboxylic acid groups (broad SMARTS) is 2. The Morgan fingerprint density at radius 1 is 0.950 bits per heavy atom. The summed E-state index contributed by atoms with van der Waals surface area (Å²) >= 11 is 0. The summed E-state index contributed by atoms with van der Waals surface area (Å²) in [7, 11) is 0. The fraction of sp³-hybridized carbons (Fsp3) is 0.600. The van der Waals surface area contributed by atoms with Crippen LogP contribution < -0.4 is 0 Å². The molecule has 20 heavy (non-hydrogen) atoms. The number of hydrogen-bond donors (Lipinski definition) is 2. The topological polar surface area (TPSA) is 74.6 Å². The molecule has 0 saturated carbocycles. The zero-order valence-electron chi connectivity index (χ0n) is 10.1. The first-order valence-electron chi connectivity index (χ1n) is 5.03. The minimum absolute atomic E-state index is 0.939. The molecule has 0 spiro atoms. The van der Waals surface area contributed by atoms with Crippen molar-refractivity contribution in [3.05, 3.63) is 11.1 Å². The van der Waals surface area contributed by atoms with Crippen LogP contribution in [0.2, 0.25) is 0 Å². The Bertz CT molecular complexity index is 440. The molecule has 0 aliphatic heterocycles. The lowest BCUT2D eigenvalue weighted by atomic mass is 9.86. The highest BCUT2D eigenvalue weighted by Crippen LogP contribution is 2.46. The summed E-state index contributed by atoms with van der Waals surface area (Å²) in [5, 5.41) is 17.3. The lowest BCUT2D eigenvalue weighted by Crippen LogP contribution is -2.52. The third kappa shape index (κ3) is 3.05. The summed E-state index contributed by atoms with van der Waals surface area (Å²) in [5.41, 5.74) is -9.66. The van der Waals surface area contributed by atoms with Crippen molar-refractivity contribution in [3.8, 4) is 0 Å². The molecule has 0 heterocycles. The van der Waals surface area contributed by atoms with E-state index in [2.05, 4.69) is 0 Å². The molecule has 0 fully saturated rings. The average molecular weight is 308 g/mol. The summed E-state index contributed by atoms with van der Waals surface area (Å²) in [6, 6.07) is 0. The van der Waals surface area contributed by atoms with Crippen molar-refractivity contribution in [2.45, 2.75) is 32.1 Å². The van der Waals surface area contributed by atoms with Crippen molar-refractivity contribution in [2.24, 2.45) is 5.92 Å². The van der Waals surface area contributed by atoms with Crippen molar-refractivity contribution >= 4 is 11.9 Å². The molecule has 0 saturated heterocycles. The third-order valence-electron chi connectivity index (χ3n) is 2.37. The highest BCUT2D eigenvalue weighted by molar-refractivity contribution is 6.00. The number of halogens is 6. The first-order valence-corrected chi connectivity index (χ1v) is 5.03. The van der Waals surface area contributed by atoms with Crippen LogP contribution in [0.15, 0.2) is 11.1 Å². The number of rotatable bonds is 5. The van der Waals surface area contributed by atoms with Gasteiger partial charge in [-0.25, -0.2) is 22.8 Å². The maximum absolute atomic E-state index is 13.7. The SMILES string of the molecule is CC(C)C(C(=O)O)=C(C(=O)O)C(F)(C(F)F)C(F)(F)F. The largest absolute Gasteiger partial charge is 0.478 e. The van der Waals surface area contributed by atoms with E-state index in [-0.39, 0.29) is 0 Å². The molecule has 4 nitrogen and oxygen atoms in total. The highest BCUT2D eigenvalue weighted by atomic mass is 19.4. The summed E-state index contributed by atoms with van der Waals surface area (Å²) in [6.45, 7) is 1.88. The third-order valence-corrected chi connectivity index (χ3v) is 2.37. The Morgan fingerprint density at radius 2 is 1.35 bits per heavy atom. The molecule has 10 heteroatoms. The minimum Gasteiger partial charge on any atom is -0.478 e. The Balaban J connectivity index is 6.65. The van der Waals surface area contributed by atoms with Gasteiger partial charge in [-0.1, -0.05) is 13.8 Å². The maximum atomic E-state index is 13.7.